The van der Waals surface area contributed by atoms with Crippen molar-refractivity contribution in [1.29, 1.82) is 0 Å². The molecule has 7 heteroatoms. The van der Waals surface area contributed by atoms with Crippen LogP contribution in [0.2, 0.25) is 0 Å². The van der Waals surface area contributed by atoms with Crippen molar-refractivity contribution >= 4 is 45.9 Å². The molecule has 28 heavy (non-hydrogen) atoms. The van der Waals surface area contributed by atoms with Gasteiger partial charge in [-0.2, -0.15) is 0 Å². The molecule has 5 nitrogen and oxygen atoms in total. The molecule has 0 radical (unpaired) electrons. The van der Waals surface area contributed by atoms with E-state index in [2.05, 4.69) is 74.7 Å². The molecule has 154 valence electrons. The molecule has 0 bridgehead atoms. The molecule has 1 saturated heterocycles. The van der Waals surface area contributed by atoms with Crippen molar-refractivity contribution in [2.45, 2.75) is 31.7 Å². The number of halogens is 2. The quantitative estimate of drug-likeness (QED) is 0.303. The van der Waals surface area contributed by atoms with Crippen LogP contribution in [0.5, 0.6) is 0 Å². The van der Waals surface area contributed by atoms with E-state index < -0.39 is 0 Å². The molecule has 1 aliphatic heterocycles. The molecular formula is C21H30BrIN4O. The first-order chi connectivity index (χ1) is 13.2. The number of aromatic nitrogens is 1. The molecule has 1 aromatic heterocycles. The third-order valence-electron chi connectivity index (χ3n) is 5.12. The number of rotatable bonds is 7. The second-order valence-corrected chi connectivity index (χ2v) is 7.86. The second kappa shape index (κ2) is 11.8. The van der Waals surface area contributed by atoms with Gasteiger partial charge in [-0.3, -0.25) is 4.99 Å². The lowest BCUT2D eigenvalue weighted by Crippen LogP contribution is -2.42. The maximum Gasteiger partial charge on any atom is 0.191 e. The Hall–Kier alpha value is -1.06. The molecule has 2 aromatic rings. The van der Waals surface area contributed by atoms with Gasteiger partial charge in [0, 0.05) is 55.1 Å². The van der Waals surface area contributed by atoms with Crippen LogP contribution in [0.1, 0.15) is 25.3 Å². The Kier molecular flexibility index (Phi) is 9.81. The van der Waals surface area contributed by atoms with E-state index in [1.807, 2.05) is 12.1 Å². The standard InChI is InChI=1S/C21H29BrN4O.HI/c1-2-23-20(24-11-14-26-12-3-4-13-26)25-17-21(9-15-27-16-10-21)18-5-7-19(22)8-6-18;/h3-8,12-13H,2,9-11,14-17H2,1H3,(H2,23,24,25);1H. The van der Waals surface area contributed by atoms with Crippen LogP contribution in [-0.2, 0) is 16.7 Å². The predicted molar refractivity (Wildman–Crippen MR) is 130 cm³/mol. The molecular weight excluding hydrogens is 531 g/mol. The molecule has 2 heterocycles. The number of nitrogens with one attached hydrogen (secondary N) is 2. The number of benzene rings is 1. The van der Waals surface area contributed by atoms with Gasteiger partial charge in [0.15, 0.2) is 5.96 Å². The van der Waals surface area contributed by atoms with Gasteiger partial charge in [-0.15, -0.1) is 24.0 Å². The minimum absolute atomic E-state index is 0. The van der Waals surface area contributed by atoms with E-state index in [0.717, 1.165) is 62.7 Å². The van der Waals surface area contributed by atoms with Gasteiger partial charge in [-0.05, 0) is 49.6 Å². The van der Waals surface area contributed by atoms with E-state index in [-0.39, 0.29) is 29.4 Å². The van der Waals surface area contributed by atoms with Gasteiger partial charge < -0.3 is 19.9 Å². The van der Waals surface area contributed by atoms with Gasteiger partial charge in [-0.1, -0.05) is 28.1 Å². The maximum absolute atomic E-state index is 5.64. The fourth-order valence-corrected chi connectivity index (χ4v) is 3.76. The van der Waals surface area contributed by atoms with E-state index in [1.165, 1.54) is 5.56 Å². The van der Waals surface area contributed by atoms with Crippen LogP contribution >= 0.6 is 39.9 Å². The summed E-state index contributed by atoms with van der Waals surface area (Å²) < 4.78 is 8.91. The lowest BCUT2D eigenvalue weighted by molar-refractivity contribution is 0.0531. The first kappa shape index (κ1) is 23.2. The lowest BCUT2D eigenvalue weighted by atomic mass is 9.74. The minimum Gasteiger partial charge on any atom is -0.381 e. The van der Waals surface area contributed by atoms with Crippen LogP contribution in [0, 0.1) is 0 Å². The predicted octanol–water partition coefficient (Wildman–Crippen LogP) is 4.17. The normalized spacial score (nSPS) is 16.3. The Morgan fingerprint density at radius 3 is 2.46 bits per heavy atom. The van der Waals surface area contributed by atoms with Crippen molar-refractivity contribution in [2.24, 2.45) is 4.99 Å². The molecule has 0 atom stereocenters. The summed E-state index contributed by atoms with van der Waals surface area (Å²) in [5.41, 5.74) is 1.39. The van der Waals surface area contributed by atoms with Crippen molar-refractivity contribution in [2.75, 3.05) is 32.8 Å². The minimum atomic E-state index is 0. The summed E-state index contributed by atoms with van der Waals surface area (Å²) in [4.78, 5) is 4.94. The first-order valence-corrected chi connectivity index (χ1v) is 10.5. The fraction of sp³-hybridized carbons (Fsp3) is 0.476. The monoisotopic (exact) mass is 560 g/mol. The molecule has 1 fully saturated rings. The summed E-state index contributed by atoms with van der Waals surface area (Å²) >= 11 is 3.54. The first-order valence-electron chi connectivity index (χ1n) is 9.69. The number of ether oxygens (including phenoxy) is 1. The average Bonchev–Trinajstić information content (AvgIpc) is 3.21. The Balaban J connectivity index is 0.00000280. The van der Waals surface area contributed by atoms with E-state index >= 15 is 0 Å². The van der Waals surface area contributed by atoms with Gasteiger partial charge in [0.05, 0.1) is 6.54 Å². The molecule has 2 N–H and O–H groups in total. The molecule has 0 unspecified atom stereocenters. The van der Waals surface area contributed by atoms with Crippen LogP contribution in [-0.4, -0.2) is 43.4 Å². The highest BCUT2D eigenvalue weighted by atomic mass is 127. The number of hydrogen-bond donors (Lipinski definition) is 2. The summed E-state index contributed by atoms with van der Waals surface area (Å²) in [6.45, 7) is 7.06. The Morgan fingerprint density at radius 2 is 1.82 bits per heavy atom. The van der Waals surface area contributed by atoms with Crippen molar-refractivity contribution in [1.82, 2.24) is 15.2 Å². The lowest BCUT2D eigenvalue weighted by Gasteiger charge is -2.36. The Labute approximate surface area is 193 Å². The summed E-state index contributed by atoms with van der Waals surface area (Å²) in [6.07, 6.45) is 6.16. The van der Waals surface area contributed by atoms with Crippen molar-refractivity contribution in [3.05, 3.63) is 58.8 Å². The van der Waals surface area contributed by atoms with E-state index in [0.29, 0.717) is 0 Å². The van der Waals surface area contributed by atoms with Crippen molar-refractivity contribution in [3.63, 3.8) is 0 Å². The SMILES string of the molecule is CCNC(=NCC1(c2ccc(Br)cc2)CCOCC1)NCCn1cccc1.I. The van der Waals surface area contributed by atoms with Gasteiger partial charge in [0.2, 0.25) is 0 Å². The summed E-state index contributed by atoms with van der Waals surface area (Å²) in [7, 11) is 0. The molecule has 1 aliphatic rings. The van der Waals surface area contributed by atoms with Crippen LogP contribution in [0.4, 0.5) is 0 Å². The van der Waals surface area contributed by atoms with Crippen LogP contribution in [0.3, 0.4) is 0 Å². The maximum atomic E-state index is 5.64. The molecule has 0 saturated carbocycles. The van der Waals surface area contributed by atoms with Gasteiger partial charge in [-0.25, -0.2) is 0 Å². The highest BCUT2D eigenvalue weighted by Gasteiger charge is 2.34. The van der Waals surface area contributed by atoms with Crippen molar-refractivity contribution < 1.29 is 4.74 Å². The molecule has 0 aliphatic carbocycles. The number of guanidine groups is 1. The van der Waals surface area contributed by atoms with Crippen molar-refractivity contribution in [3.8, 4) is 0 Å². The van der Waals surface area contributed by atoms with Gasteiger partial charge in [0.25, 0.3) is 0 Å². The highest BCUT2D eigenvalue weighted by Crippen LogP contribution is 2.35. The second-order valence-electron chi connectivity index (χ2n) is 6.94. The molecule has 0 spiro atoms. The van der Waals surface area contributed by atoms with E-state index in [1.54, 1.807) is 0 Å². The zero-order valence-electron chi connectivity index (χ0n) is 16.4. The zero-order valence-corrected chi connectivity index (χ0v) is 20.3. The third kappa shape index (κ3) is 6.49. The Morgan fingerprint density at radius 1 is 1.14 bits per heavy atom. The fourth-order valence-electron chi connectivity index (χ4n) is 3.50. The van der Waals surface area contributed by atoms with E-state index in [4.69, 9.17) is 9.73 Å². The number of nitrogens with zero attached hydrogens (tertiary/aromatic N) is 2. The summed E-state index contributed by atoms with van der Waals surface area (Å²) in [6, 6.07) is 12.8. The zero-order chi connectivity index (χ0) is 19.0. The number of aliphatic imine (C=N–C) groups is 1. The molecule has 1 aromatic carbocycles. The Bertz CT molecular complexity index is 713. The topological polar surface area (TPSA) is 50.6 Å². The van der Waals surface area contributed by atoms with Crippen LogP contribution < -0.4 is 10.6 Å². The smallest absolute Gasteiger partial charge is 0.191 e. The number of hydrogen-bond acceptors (Lipinski definition) is 2. The van der Waals surface area contributed by atoms with E-state index in [9.17, 15) is 0 Å². The van der Waals surface area contributed by atoms with Crippen LogP contribution in [0.15, 0.2) is 58.3 Å². The summed E-state index contributed by atoms with van der Waals surface area (Å²) in [5.74, 6) is 0.882. The summed E-state index contributed by atoms with van der Waals surface area (Å²) in [5, 5.41) is 6.83. The largest absolute Gasteiger partial charge is 0.381 e. The van der Waals surface area contributed by atoms with Gasteiger partial charge in [0.1, 0.15) is 0 Å². The molecule has 3 rings (SSSR count). The highest BCUT2D eigenvalue weighted by molar-refractivity contribution is 14.0. The molecule has 0 amide bonds. The third-order valence-corrected chi connectivity index (χ3v) is 5.65. The van der Waals surface area contributed by atoms with Gasteiger partial charge >= 0.3 is 0 Å². The van der Waals surface area contributed by atoms with Crippen LogP contribution in [0.25, 0.3) is 0 Å². The average molecular weight is 561 g/mol.